The van der Waals surface area contributed by atoms with Crippen molar-refractivity contribution < 1.29 is 28.6 Å². The molecule has 0 bridgehead atoms. The zero-order valence-corrected chi connectivity index (χ0v) is 49.2. The van der Waals surface area contributed by atoms with E-state index in [2.05, 4.69) is 57.2 Å². The van der Waals surface area contributed by atoms with Gasteiger partial charge >= 0.3 is 17.9 Å². The van der Waals surface area contributed by atoms with Crippen molar-refractivity contribution in [3.05, 3.63) is 36.5 Å². The smallest absolute Gasteiger partial charge is 0.306 e. The molecule has 0 heterocycles. The Labute approximate surface area is 455 Å². The van der Waals surface area contributed by atoms with E-state index in [0.29, 0.717) is 19.3 Å². The van der Waals surface area contributed by atoms with E-state index in [1.54, 1.807) is 0 Å². The van der Waals surface area contributed by atoms with Crippen LogP contribution in [-0.2, 0) is 28.6 Å². The van der Waals surface area contributed by atoms with Crippen LogP contribution in [0.3, 0.4) is 0 Å². The van der Waals surface area contributed by atoms with E-state index in [9.17, 15) is 14.4 Å². The van der Waals surface area contributed by atoms with Gasteiger partial charge in [0.05, 0.1) is 0 Å². The summed E-state index contributed by atoms with van der Waals surface area (Å²) in [5.74, 6) is -0.848. The quantitative estimate of drug-likeness (QED) is 0.0261. The molecule has 0 radical (unpaired) electrons. The molecule has 1 unspecified atom stereocenters. The Morgan fingerprint density at radius 1 is 0.274 bits per heavy atom. The molecule has 0 aliphatic heterocycles. The van der Waals surface area contributed by atoms with Crippen molar-refractivity contribution in [1.29, 1.82) is 0 Å². The number of unbranched alkanes of at least 4 members (excludes halogenated alkanes) is 43. The van der Waals surface area contributed by atoms with Crippen molar-refractivity contribution >= 4 is 17.9 Å². The maximum absolute atomic E-state index is 12.9. The van der Waals surface area contributed by atoms with E-state index in [1.165, 1.54) is 244 Å². The van der Waals surface area contributed by atoms with Gasteiger partial charge in [0.15, 0.2) is 6.10 Å². The van der Waals surface area contributed by atoms with Crippen LogP contribution in [-0.4, -0.2) is 37.2 Å². The molecule has 0 saturated heterocycles. The molecule has 428 valence electrons. The minimum absolute atomic E-state index is 0.0666. The highest BCUT2D eigenvalue weighted by Crippen LogP contribution is 2.18. The van der Waals surface area contributed by atoms with Crippen molar-refractivity contribution in [2.45, 2.75) is 361 Å². The fourth-order valence-corrected chi connectivity index (χ4v) is 9.75. The van der Waals surface area contributed by atoms with Gasteiger partial charge in [0.1, 0.15) is 13.2 Å². The third kappa shape index (κ3) is 60.4. The van der Waals surface area contributed by atoms with Crippen LogP contribution in [0.1, 0.15) is 355 Å². The SMILES string of the molecule is CCCCCCC/C=C\C/C=C\C/C=C\CCCCCCCCCCCCCCCCC(=O)OCC(COC(=O)CCCCCCCCCC)OC(=O)CCCCCCCCCCCCCCCCCCCC. The third-order valence-electron chi connectivity index (χ3n) is 14.6. The molecule has 6 heteroatoms. The first kappa shape index (κ1) is 70.6. The lowest BCUT2D eigenvalue weighted by molar-refractivity contribution is -0.167. The number of hydrogen-bond acceptors (Lipinski definition) is 6. The van der Waals surface area contributed by atoms with Crippen molar-refractivity contribution in [2.24, 2.45) is 0 Å². The molecule has 0 aromatic rings. The Kier molecular flexibility index (Phi) is 60.2. The zero-order valence-electron chi connectivity index (χ0n) is 49.2. The lowest BCUT2D eigenvalue weighted by Crippen LogP contribution is -2.30. The first-order valence-electron chi connectivity index (χ1n) is 32.5. The number of rotatable bonds is 60. The van der Waals surface area contributed by atoms with Gasteiger partial charge in [-0.3, -0.25) is 14.4 Å². The van der Waals surface area contributed by atoms with Crippen LogP contribution < -0.4 is 0 Å². The summed E-state index contributed by atoms with van der Waals surface area (Å²) >= 11 is 0. The summed E-state index contributed by atoms with van der Waals surface area (Å²) < 4.78 is 16.9. The Balaban J connectivity index is 4.08. The highest BCUT2D eigenvalue weighted by molar-refractivity contribution is 5.71. The topological polar surface area (TPSA) is 78.9 Å². The van der Waals surface area contributed by atoms with Gasteiger partial charge < -0.3 is 14.2 Å². The van der Waals surface area contributed by atoms with Crippen LogP contribution in [0.15, 0.2) is 36.5 Å². The van der Waals surface area contributed by atoms with Crippen LogP contribution in [0.4, 0.5) is 0 Å². The summed E-state index contributed by atoms with van der Waals surface area (Å²) in [6.07, 6.45) is 76.0. The minimum atomic E-state index is -0.766. The normalized spacial score (nSPS) is 12.2. The minimum Gasteiger partial charge on any atom is -0.462 e. The fraction of sp³-hybridized carbons (Fsp3) is 0.866. The van der Waals surface area contributed by atoms with Gasteiger partial charge in [-0.15, -0.1) is 0 Å². The molecular formula is C67H124O6. The Hall–Kier alpha value is -2.37. The second kappa shape index (κ2) is 62.2. The van der Waals surface area contributed by atoms with E-state index in [1.807, 2.05) is 0 Å². The molecule has 6 nitrogen and oxygen atoms in total. The highest BCUT2D eigenvalue weighted by Gasteiger charge is 2.19. The number of ether oxygens (including phenoxy) is 3. The molecule has 0 amide bonds. The van der Waals surface area contributed by atoms with Crippen molar-refractivity contribution in [3.8, 4) is 0 Å². The molecule has 0 aliphatic rings. The first-order valence-corrected chi connectivity index (χ1v) is 32.5. The Morgan fingerprint density at radius 2 is 0.493 bits per heavy atom. The summed E-state index contributed by atoms with van der Waals surface area (Å²) in [7, 11) is 0. The van der Waals surface area contributed by atoms with Crippen molar-refractivity contribution in [1.82, 2.24) is 0 Å². The molecule has 0 aromatic carbocycles. The number of carbonyl (C=O) groups excluding carboxylic acids is 3. The van der Waals surface area contributed by atoms with Crippen LogP contribution >= 0.6 is 0 Å². The van der Waals surface area contributed by atoms with Gasteiger partial charge in [-0.1, -0.05) is 314 Å². The van der Waals surface area contributed by atoms with Crippen molar-refractivity contribution in [3.63, 3.8) is 0 Å². The van der Waals surface area contributed by atoms with E-state index < -0.39 is 6.10 Å². The lowest BCUT2D eigenvalue weighted by atomic mass is 10.0. The van der Waals surface area contributed by atoms with E-state index in [0.717, 1.165) is 70.6 Å². The largest absolute Gasteiger partial charge is 0.462 e. The molecule has 0 fully saturated rings. The van der Waals surface area contributed by atoms with Gasteiger partial charge in [-0.2, -0.15) is 0 Å². The molecule has 0 saturated carbocycles. The monoisotopic (exact) mass is 1020 g/mol. The first-order chi connectivity index (χ1) is 36.0. The number of esters is 3. The Bertz CT molecular complexity index is 1220. The lowest BCUT2D eigenvalue weighted by Gasteiger charge is -2.18. The van der Waals surface area contributed by atoms with E-state index >= 15 is 0 Å². The maximum atomic E-state index is 12.9. The van der Waals surface area contributed by atoms with Gasteiger partial charge in [-0.05, 0) is 57.8 Å². The summed E-state index contributed by atoms with van der Waals surface area (Å²) in [6.45, 7) is 6.66. The zero-order chi connectivity index (χ0) is 52.9. The maximum Gasteiger partial charge on any atom is 0.306 e. The molecule has 0 spiro atoms. The average molecular weight is 1030 g/mol. The average Bonchev–Trinajstić information content (AvgIpc) is 3.39. The summed E-state index contributed by atoms with van der Waals surface area (Å²) in [6, 6.07) is 0. The van der Waals surface area contributed by atoms with Crippen LogP contribution in [0.5, 0.6) is 0 Å². The number of allylic oxidation sites excluding steroid dienone is 6. The van der Waals surface area contributed by atoms with Gasteiger partial charge in [0.25, 0.3) is 0 Å². The standard InChI is InChI=1S/C67H124O6/c1-4-7-10-13-16-19-21-23-25-27-29-30-31-32-33-34-35-36-37-38-39-41-42-44-46-48-51-54-57-60-66(69)72-63-64(62-71-65(68)59-56-53-50-18-15-12-9-6-3)73-67(70)61-58-55-52-49-47-45-43-40-28-26-24-22-20-17-14-11-8-5-2/h21,23,27,29,31-32,64H,4-20,22,24-26,28,30,33-63H2,1-3H3/b23-21-,29-27-,32-31-. The van der Waals surface area contributed by atoms with E-state index in [-0.39, 0.29) is 31.1 Å². The summed E-state index contributed by atoms with van der Waals surface area (Å²) in [5.41, 5.74) is 0. The van der Waals surface area contributed by atoms with Crippen LogP contribution in [0.2, 0.25) is 0 Å². The molecule has 0 N–H and O–H groups in total. The molecular weight excluding hydrogens is 901 g/mol. The van der Waals surface area contributed by atoms with Gasteiger partial charge in [0, 0.05) is 19.3 Å². The molecule has 1 atom stereocenters. The van der Waals surface area contributed by atoms with Crippen molar-refractivity contribution in [2.75, 3.05) is 13.2 Å². The van der Waals surface area contributed by atoms with Crippen LogP contribution in [0.25, 0.3) is 0 Å². The van der Waals surface area contributed by atoms with Gasteiger partial charge in [-0.25, -0.2) is 0 Å². The van der Waals surface area contributed by atoms with Gasteiger partial charge in [0.2, 0.25) is 0 Å². The second-order valence-electron chi connectivity index (χ2n) is 22.0. The van der Waals surface area contributed by atoms with E-state index in [4.69, 9.17) is 14.2 Å². The molecule has 0 rings (SSSR count). The number of hydrogen-bond donors (Lipinski definition) is 0. The predicted molar refractivity (Wildman–Crippen MR) is 316 cm³/mol. The predicted octanol–water partition coefficient (Wildman–Crippen LogP) is 22.0. The summed E-state index contributed by atoms with van der Waals surface area (Å²) in [4.78, 5) is 38.1. The molecule has 0 aromatic heterocycles. The molecule has 73 heavy (non-hydrogen) atoms. The fourth-order valence-electron chi connectivity index (χ4n) is 9.75. The third-order valence-corrected chi connectivity index (χ3v) is 14.6. The number of carbonyl (C=O) groups is 3. The molecule has 0 aliphatic carbocycles. The highest BCUT2D eigenvalue weighted by atomic mass is 16.6. The van der Waals surface area contributed by atoms with Crippen LogP contribution in [0, 0.1) is 0 Å². The second-order valence-corrected chi connectivity index (χ2v) is 22.0. The Morgan fingerprint density at radius 3 is 0.767 bits per heavy atom. The summed E-state index contributed by atoms with van der Waals surface area (Å²) in [5, 5.41) is 0.